The Morgan fingerprint density at radius 2 is 2.00 bits per heavy atom. The van der Waals surface area contributed by atoms with Gasteiger partial charge in [-0.15, -0.1) is 0 Å². The molecule has 2 heterocycles. The molecular formula is C16H23N5O6. The SMILES string of the molecule is Nc1nc(O)c2c(n1)NCC(CCCC(=O)N[C@@H](CCC(=O)O)C(=O)O)C2. The molecule has 1 unspecified atom stereocenters. The van der Waals surface area contributed by atoms with Crippen LogP contribution in [0.3, 0.4) is 0 Å². The molecule has 0 aromatic carbocycles. The van der Waals surface area contributed by atoms with Gasteiger partial charge in [-0.3, -0.25) is 9.59 Å². The number of nitrogens with two attached hydrogens (primary N) is 1. The zero-order valence-corrected chi connectivity index (χ0v) is 14.6. The molecule has 0 saturated heterocycles. The van der Waals surface area contributed by atoms with Gasteiger partial charge >= 0.3 is 11.9 Å². The van der Waals surface area contributed by atoms with E-state index in [2.05, 4.69) is 20.6 Å². The number of carboxylic acids is 2. The van der Waals surface area contributed by atoms with Gasteiger partial charge in [0, 0.05) is 19.4 Å². The monoisotopic (exact) mass is 381 g/mol. The normalized spacial score (nSPS) is 16.7. The lowest BCUT2D eigenvalue weighted by Gasteiger charge is -2.25. The minimum Gasteiger partial charge on any atom is -0.493 e. The number of carbonyl (C=O) groups is 3. The molecule has 2 rings (SSSR count). The van der Waals surface area contributed by atoms with Crippen LogP contribution in [-0.2, 0) is 20.8 Å². The third-order valence-corrected chi connectivity index (χ3v) is 4.35. The number of fused-ring (bicyclic) bond motifs is 1. The van der Waals surface area contributed by atoms with Crippen LogP contribution in [0.2, 0.25) is 0 Å². The molecule has 27 heavy (non-hydrogen) atoms. The molecule has 11 nitrogen and oxygen atoms in total. The molecule has 1 aromatic rings. The van der Waals surface area contributed by atoms with Crippen molar-refractivity contribution in [1.82, 2.24) is 15.3 Å². The second-order valence-electron chi connectivity index (χ2n) is 6.47. The van der Waals surface area contributed by atoms with Crippen LogP contribution in [0.15, 0.2) is 0 Å². The molecule has 1 aliphatic heterocycles. The number of hydrogen-bond donors (Lipinski definition) is 6. The first-order chi connectivity index (χ1) is 12.8. The Hall–Kier alpha value is -3.11. The number of nitrogen functional groups attached to an aromatic ring is 1. The zero-order valence-electron chi connectivity index (χ0n) is 14.6. The van der Waals surface area contributed by atoms with E-state index in [1.165, 1.54) is 0 Å². The number of nitrogens with one attached hydrogen (secondary N) is 2. The first-order valence-electron chi connectivity index (χ1n) is 8.59. The number of rotatable bonds is 9. The Balaban J connectivity index is 1.78. The second kappa shape index (κ2) is 9.01. The van der Waals surface area contributed by atoms with Crippen LogP contribution in [0.4, 0.5) is 11.8 Å². The summed E-state index contributed by atoms with van der Waals surface area (Å²) in [6.07, 6.45) is 1.38. The Morgan fingerprint density at radius 3 is 2.67 bits per heavy atom. The van der Waals surface area contributed by atoms with Crippen LogP contribution < -0.4 is 16.4 Å². The average molecular weight is 381 g/mol. The fourth-order valence-corrected chi connectivity index (χ4v) is 2.97. The Morgan fingerprint density at radius 1 is 1.26 bits per heavy atom. The molecule has 0 aliphatic carbocycles. The first-order valence-corrected chi connectivity index (χ1v) is 8.59. The van der Waals surface area contributed by atoms with E-state index in [9.17, 15) is 19.5 Å². The van der Waals surface area contributed by atoms with Crippen molar-refractivity contribution in [2.45, 2.75) is 44.6 Å². The molecule has 1 amide bonds. The number of aromatic hydroxyl groups is 1. The van der Waals surface area contributed by atoms with E-state index in [1.54, 1.807) is 0 Å². The van der Waals surface area contributed by atoms with Gasteiger partial charge in [0.25, 0.3) is 0 Å². The maximum absolute atomic E-state index is 11.9. The highest BCUT2D eigenvalue weighted by Crippen LogP contribution is 2.31. The molecule has 0 radical (unpaired) electrons. The van der Waals surface area contributed by atoms with Gasteiger partial charge in [0.05, 0.1) is 5.56 Å². The maximum Gasteiger partial charge on any atom is 0.326 e. The number of carboxylic acid groups (broad SMARTS) is 2. The van der Waals surface area contributed by atoms with E-state index in [-0.39, 0.29) is 37.0 Å². The van der Waals surface area contributed by atoms with Crippen molar-refractivity contribution in [1.29, 1.82) is 0 Å². The van der Waals surface area contributed by atoms with Crippen molar-refractivity contribution in [2.24, 2.45) is 5.92 Å². The lowest BCUT2D eigenvalue weighted by molar-refractivity contribution is -0.143. The largest absolute Gasteiger partial charge is 0.493 e. The van der Waals surface area contributed by atoms with E-state index in [0.717, 1.165) is 0 Å². The Kier molecular flexibility index (Phi) is 6.74. The summed E-state index contributed by atoms with van der Waals surface area (Å²) in [6.45, 7) is 0.612. The molecule has 1 aromatic heterocycles. The molecule has 0 saturated carbocycles. The zero-order chi connectivity index (χ0) is 20.0. The summed E-state index contributed by atoms with van der Waals surface area (Å²) < 4.78 is 0. The van der Waals surface area contributed by atoms with E-state index >= 15 is 0 Å². The highest BCUT2D eigenvalue weighted by Gasteiger charge is 2.24. The quantitative estimate of drug-likeness (QED) is 0.338. The van der Waals surface area contributed by atoms with Gasteiger partial charge in [0.2, 0.25) is 17.7 Å². The predicted molar refractivity (Wildman–Crippen MR) is 94.1 cm³/mol. The lowest BCUT2D eigenvalue weighted by atomic mass is 9.91. The summed E-state index contributed by atoms with van der Waals surface area (Å²) in [5.41, 5.74) is 6.08. The predicted octanol–water partition coefficient (Wildman–Crippen LogP) is -0.0469. The lowest BCUT2D eigenvalue weighted by Crippen LogP contribution is -2.41. The molecule has 11 heteroatoms. The van der Waals surface area contributed by atoms with E-state index in [1.807, 2.05) is 0 Å². The smallest absolute Gasteiger partial charge is 0.326 e. The van der Waals surface area contributed by atoms with Gasteiger partial charge in [0.15, 0.2) is 0 Å². The third kappa shape index (κ3) is 5.97. The highest BCUT2D eigenvalue weighted by atomic mass is 16.4. The fourth-order valence-electron chi connectivity index (χ4n) is 2.97. The van der Waals surface area contributed by atoms with Crippen LogP contribution >= 0.6 is 0 Å². The van der Waals surface area contributed by atoms with Crippen molar-refractivity contribution in [3.8, 4) is 5.88 Å². The summed E-state index contributed by atoms with van der Waals surface area (Å²) in [5.74, 6) is -2.31. The maximum atomic E-state index is 11.9. The molecule has 2 atom stereocenters. The number of hydrogen-bond acceptors (Lipinski definition) is 8. The van der Waals surface area contributed by atoms with Crippen LogP contribution in [0.5, 0.6) is 5.88 Å². The highest BCUT2D eigenvalue weighted by molar-refractivity contribution is 5.83. The van der Waals surface area contributed by atoms with Gasteiger partial charge in [-0.1, -0.05) is 0 Å². The van der Waals surface area contributed by atoms with Gasteiger partial charge < -0.3 is 31.7 Å². The molecule has 148 valence electrons. The molecular weight excluding hydrogens is 358 g/mol. The minimum absolute atomic E-state index is 0.00949. The van der Waals surface area contributed by atoms with Crippen LogP contribution in [-0.4, -0.2) is 55.7 Å². The number of amides is 1. The van der Waals surface area contributed by atoms with E-state index in [0.29, 0.717) is 37.2 Å². The van der Waals surface area contributed by atoms with Crippen molar-refractivity contribution in [2.75, 3.05) is 17.6 Å². The summed E-state index contributed by atoms with van der Waals surface area (Å²) in [7, 11) is 0. The van der Waals surface area contributed by atoms with Gasteiger partial charge in [0.1, 0.15) is 11.9 Å². The van der Waals surface area contributed by atoms with Crippen LogP contribution in [0.1, 0.15) is 37.7 Å². The summed E-state index contributed by atoms with van der Waals surface area (Å²) in [4.78, 5) is 41.3. The molecule has 0 bridgehead atoms. The third-order valence-electron chi connectivity index (χ3n) is 4.35. The van der Waals surface area contributed by atoms with E-state index < -0.39 is 23.9 Å². The average Bonchev–Trinajstić information content (AvgIpc) is 2.58. The number of nitrogens with zero attached hydrogens (tertiary/aromatic N) is 2. The van der Waals surface area contributed by atoms with E-state index in [4.69, 9.17) is 15.9 Å². The molecule has 7 N–H and O–H groups in total. The standard InChI is InChI=1S/C16H23N5O6/c17-16-20-13-9(14(25)21-16)6-8(7-18-13)2-1-3-11(22)19-10(15(26)27)4-5-12(23)24/h8,10H,1-7H2,(H,19,22)(H,23,24)(H,26,27)(H4,17,18,20,21,25)/t8?,10-/m0/s1. The Labute approximate surface area is 155 Å². The summed E-state index contributed by atoms with van der Waals surface area (Å²) in [5, 5.41) is 33.0. The van der Waals surface area contributed by atoms with Crippen LogP contribution in [0, 0.1) is 5.92 Å². The second-order valence-corrected chi connectivity index (χ2v) is 6.47. The number of aromatic nitrogens is 2. The first kappa shape index (κ1) is 20.2. The number of carbonyl (C=O) groups excluding carboxylic acids is 1. The van der Waals surface area contributed by atoms with Crippen molar-refractivity contribution >= 4 is 29.6 Å². The van der Waals surface area contributed by atoms with Crippen molar-refractivity contribution < 1.29 is 29.7 Å². The van der Waals surface area contributed by atoms with Crippen LogP contribution in [0.25, 0.3) is 0 Å². The number of anilines is 2. The molecule has 0 spiro atoms. The summed E-state index contributed by atoms with van der Waals surface area (Å²) >= 11 is 0. The van der Waals surface area contributed by atoms with Crippen molar-refractivity contribution in [3.05, 3.63) is 5.56 Å². The fraction of sp³-hybridized carbons (Fsp3) is 0.562. The Bertz CT molecular complexity index is 725. The number of aliphatic carboxylic acids is 2. The van der Waals surface area contributed by atoms with Gasteiger partial charge in [-0.2, -0.15) is 9.97 Å². The molecule has 1 aliphatic rings. The summed E-state index contributed by atoms with van der Waals surface area (Å²) in [6, 6.07) is -1.21. The molecule has 0 fully saturated rings. The topological polar surface area (TPSA) is 188 Å². The van der Waals surface area contributed by atoms with Crippen molar-refractivity contribution in [3.63, 3.8) is 0 Å². The minimum atomic E-state index is -1.26. The van der Waals surface area contributed by atoms with Gasteiger partial charge in [-0.05, 0) is 31.6 Å². The van der Waals surface area contributed by atoms with Gasteiger partial charge in [-0.25, -0.2) is 4.79 Å².